The van der Waals surface area contributed by atoms with Crippen molar-refractivity contribution in [2.24, 2.45) is 0 Å². The average molecular weight is 504 g/mol. The molecule has 0 aromatic heterocycles. The van der Waals surface area contributed by atoms with Crippen LogP contribution in [0.1, 0.15) is 24.9 Å². The minimum Gasteiger partial charge on any atom is -0.446 e. The van der Waals surface area contributed by atoms with E-state index < -0.39 is 29.8 Å². The first-order valence-electron chi connectivity index (χ1n) is 11.7. The van der Waals surface area contributed by atoms with E-state index in [4.69, 9.17) is 4.74 Å². The summed E-state index contributed by atoms with van der Waals surface area (Å²) >= 11 is 0. The minimum atomic E-state index is -1.07. The fourth-order valence-electron chi connectivity index (χ4n) is 4.61. The molecule has 1 N–H and O–H groups in total. The summed E-state index contributed by atoms with van der Waals surface area (Å²) in [4.78, 5) is 40.9. The minimum absolute atomic E-state index is 0.0861. The number of nitro benzene ring substituents is 1. The summed E-state index contributed by atoms with van der Waals surface area (Å²) in [5.41, 5.74) is 0.956. The molecule has 2 fully saturated rings. The number of halogens is 2. The van der Waals surface area contributed by atoms with E-state index in [-0.39, 0.29) is 28.8 Å². The van der Waals surface area contributed by atoms with Gasteiger partial charge < -0.3 is 15.0 Å². The molecule has 0 spiro atoms. The number of para-hydroxylation sites is 2. The van der Waals surface area contributed by atoms with Crippen molar-refractivity contribution in [1.82, 2.24) is 15.1 Å². The molecule has 0 bridgehead atoms. The Balaban J connectivity index is 1.27. The Labute approximate surface area is 206 Å². The molecule has 2 unspecified atom stereocenters. The Kier molecular flexibility index (Phi) is 7.63. The Morgan fingerprint density at radius 3 is 2.69 bits per heavy atom. The van der Waals surface area contributed by atoms with Crippen molar-refractivity contribution in [2.75, 3.05) is 44.2 Å². The number of piperazine rings is 1. The van der Waals surface area contributed by atoms with Gasteiger partial charge in [-0.2, -0.15) is 0 Å². The monoisotopic (exact) mass is 503 g/mol. The van der Waals surface area contributed by atoms with Gasteiger partial charge in [-0.25, -0.2) is 23.3 Å². The van der Waals surface area contributed by atoms with Crippen LogP contribution in [-0.2, 0) is 4.74 Å². The van der Waals surface area contributed by atoms with Gasteiger partial charge in [0.1, 0.15) is 18.3 Å². The lowest BCUT2D eigenvalue weighted by molar-refractivity contribution is -0.384. The average Bonchev–Trinajstić information content (AvgIpc) is 3.25. The number of nitrogens with zero attached hydrogens (tertiary/aromatic N) is 4. The molecule has 0 radical (unpaired) electrons. The molecule has 2 atom stereocenters. The highest BCUT2D eigenvalue weighted by atomic mass is 19.2. The molecule has 192 valence electrons. The van der Waals surface area contributed by atoms with E-state index in [1.54, 1.807) is 18.2 Å². The smallest absolute Gasteiger partial charge is 0.418 e. The number of carbonyl (C=O) groups is 2. The standard InChI is InChI=1S/C24H27F2N5O5/c1-16-14-29(20-5-2-3-6-21(20)31(34)35)12-11-28(16)10-4-9-27-23(32)30-22(15-36-24(30)33)17-7-8-18(25)19(26)13-17/h2-3,5-8,13,16,22H,4,9-12,14-15H2,1H3,(H,27,32). The van der Waals surface area contributed by atoms with Crippen molar-refractivity contribution in [2.45, 2.75) is 25.4 Å². The molecular weight excluding hydrogens is 476 g/mol. The summed E-state index contributed by atoms with van der Waals surface area (Å²) < 4.78 is 31.9. The number of rotatable bonds is 7. The molecule has 10 nitrogen and oxygen atoms in total. The van der Waals surface area contributed by atoms with Crippen LogP contribution in [-0.4, -0.2) is 72.2 Å². The Bertz CT molecular complexity index is 1150. The first kappa shape index (κ1) is 25.3. The predicted molar refractivity (Wildman–Crippen MR) is 127 cm³/mol. The van der Waals surface area contributed by atoms with Crippen molar-refractivity contribution < 1.29 is 28.0 Å². The molecule has 3 amide bonds. The molecule has 0 saturated carbocycles. The van der Waals surface area contributed by atoms with Gasteiger partial charge in [0, 0.05) is 44.8 Å². The molecule has 2 aliphatic heterocycles. The van der Waals surface area contributed by atoms with Gasteiger partial charge in [-0.1, -0.05) is 18.2 Å². The van der Waals surface area contributed by atoms with Crippen LogP contribution in [0.3, 0.4) is 0 Å². The lowest BCUT2D eigenvalue weighted by atomic mass is 10.1. The Hall–Kier alpha value is -3.80. The normalized spacial score (nSPS) is 20.4. The number of ether oxygens (including phenoxy) is 1. The van der Waals surface area contributed by atoms with Crippen molar-refractivity contribution in [3.05, 3.63) is 69.8 Å². The van der Waals surface area contributed by atoms with Gasteiger partial charge in [-0.15, -0.1) is 0 Å². The molecule has 0 aliphatic carbocycles. The summed E-state index contributed by atoms with van der Waals surface area (Å²) in [5.74, 6) is -2.08. The lowest BCUT2D eigenvalue weighted by Crippen LogP contribution is -2.52. The number of nitrogens with one attached hydrogen (secondary N) is 1. The fraction of sp³-hybridized carbons (Fsp3) is 0.417. The summed E-state index contributed by atoms with van der Waals surface area (Å²) in [6.45, 7) is 4.86. The van der Waals surface area contributed by atoms with Gasteiger partial charge in [0.25, 0.3) is 5.69 Å². The zero-order valence-electron chi connectivity index (χ0n) is 19.7. The quantitative estimate of drug-likeness (QED) is 0.349. The summed E-state index contributed by atoms with van der Waals surface area (Å²) in [6.07, 6.45) is -0.234. The molecular formula is C24H27F2N5O5. The van der Waals surface area contributed by atoms with E-state index in [0.29, 0.717) is 44.8 Å². The van der Waals surface area contributed by atoms with E-state index >= 15 is 0 Å². The summed E-state index contributed by atoms with van der Waals surface area (Å²) in [6, 6.07) is 8.54. The largest absolute Gasteiger partial charge is 0.446 e. The van der Waals surface area contributed by atoms with Gasteiger partial charge in [-0.3, -0.25) is 15.0 Å². The third-order valence-corrected chi connectivity index (χ3v) is 6.50. The highest BCUT2D eigenvalue weighted by molar-refractivity contribution is 5.92. The topological polar surface area (TPSA) is 108 Å². The van der Waals surface area contributed by atoms with E-state index in [9.17, 15) is 28.5 Å². The van der Waals surface area contributed by atoms with Crippen molar-refractivity contribution >= 4 is 23.5 Å². The number of amides is 3. The highest BCUT2D eigenvalue weighted by Crippen LogP contribution is 2.30. The molecule has 2 heterocycles. The van der Waals surface area contributed by atoms with E-state index in [0.717, 1.165) is 17.0 Å². The Morgan fingerprint density at radius 2 is 1.97 bits per heavy atom. The van der Waals surface area contributed by atoms with E-state index in [1.165, 1.54) is 12.1 Å². The van der Waals surface area contributed by atoms with E-state index in [1.807, 2.05) is 11.8 Å². The van der Waals surface area contributed by atoms with Gasteiger partial charge in [0.15, 0.2) is 11.6 Å². The molecule has 2 aliphatic rings. The summed E-state index contributed by atoms with van der Waals surface area (Å²) in [7, 11) is 0. The van der Waals surface area contributed by atoms with Crippen LogP contribution in [0.2, 0.25) is 0 Å². The van der Waals surface area contributed by atoms with Crippen LogP contribution < -0.4 is 10.2 Å². The first-order chi connectivity index (χ1) is 17.3. The van der Waals surface area contributed by atoms with Crippen molar-refractivity contribution in [3.63, 3.8) is 0 Å². The molecule has 2 saturated heterocycles. The second-order valence-corrected chi connectivity index (χ2v) is 8.80. The number of urea groups is 1. The number of anilines is 1. The van der Waals surface area contributed by atoms with Crippen LogP contribution in [0.5, 0.6) is 0 Å². The fourth-order valence-corrected chi connectivity index (χ4v) is 4.61. The van der Waals surface area contributed by atoms with E-state index in [2.05, 4.69) is 10.2 Å². The number of hydrogen-bond acceptors (Lipinski definition) is 7. The predicted octanol–water partition coefficient (Wildman–Crippen LogP) is 3.68. The maximum atomic E-state index is 13.6. The zero-order valence-corrected chi connectivity index (χ0v) is 19.7. The molecule has 4 rings (SSSR count). The lowest BCUT2D eigenvalue weighted by Gasteiger charge is -2.40. The van der Waals surface area contributed by atoms with Crippen molar-refractivity contribution in [3.8, 4) is 0 Å². The number of carbonyl (C=O) groups excluding carboxylic acids is 2. The number of nitro groups is 1. The third-order valence-electron chi connectivity index (χ3n) is 6.50. The number of hydrogen-bond donors (Lipinski definition) is 1. The molecule has 12 heteroatoms. The van der Waals surface area contributed by atoms with Gasteiger partial charge in [0.2, 0.25) is 0 Å². The van der Waals surface area contributed by atoms with Crippen LogP contribution >= 0.6 is 0 Å². The van der Waals surface area contributed by atoms with Gasteiger partial charge in [-0.05, 0) is 37.1 Å². The second kappa shape index (κ2) is 10.9. The number of imide groups is 1. The third kappa shape index (κ3) is 5.38. The van der Waals surface area contributed by atoms with Gasteiger partial charge in [0.05, 0.1) is 4.92 Å². The van der Waals surface area contributed by atoms with Gasteiger partial charge >= 0.3 is 12.1 Å². The van der Waals surface area contributed by atoms with Crippen LogP contribution in [0.4, 0.5) is 29.7 Å². The maximum Gasteiger partial charge on any atom is 0.418 e. The van der Waals surface area contributed by atoms with Crippen molar-refractivity contribution in [1.29, 1.82) is 0 Å². The molecule has 36 heavy (non-hydrogen) atoms. The highest BCUT2D eigenvalue weighted by Gasteiger charge is 2.39. The number of benzene rings is 2. The summed E-state index contributed by atoms with van der Waals surface area (Å²) in [5, 5.41) is 14.1. The Morgan fingerprint density at radius 1 is 1.19 bits per heavy atom. The van der Waals surface area contributed by atoms with Crippen LogP contribution in [0, 0.1) is 21.7 Å². The first-order valence-corrected chi connectivity index (χ1v) is 11.7. The zero-order chi connectivity index (χ0) is 25.8. The SMILES string of the molecule is CC1CN(c2ccccc2[N+](=O)[O-])CCN1CCCNC(=O)N1C(=O)OCC1c1ccc(F)c(F)c1. The molecule has 2 aromatic carbocycles. The van der Waals surface area contributed by atoms with Crippen LogP contribution in [0.25, 0.3) is 0 Å². The second-order valence-electron chi connectivity index (χ2n) is 8.80. The number of cyclic esters (lactones) is 1. The molecule has 2 aromatic rings. The van der Waals surface area contributed by atoms with Crippen LogP contribution in [0.15, 0.2) is 42.5 Å². The maximum absolute atomic E-state index is 13.6.